The van der Waals surface area contributed by atoms with Crippen LogP contribution in [0.25, 0.3) is 0 Å². The minimum Gasteiger partial charge on any atom is -0.493 e. The van der Waals surface area contributed by atoms with Gasteiger partial charge in [0.15, 0.2) is 11.5 Å². The van der Waals surface area contributed by atoms with Crippen LogP contribution >= 0.6 is 23.2 Å². The zero-order chi connectivity index (χ0) is 14.5. The fourth-order valence-corrected chi connectivity index (χ4v) is 2.07. The summed E-state index contributed by atoms with van der Waals surface area (Å²) in [6.45, 7) is 0.846. The normalized spacial score (nSPS) is 10.4. The average molecular weight is 312 g/mol. The summed E-state index contributed by atoms with van der Waals surface area (Å²) >= 11 is 11.8. The number of rotatable bonds is 5. The first-order valence-corrected chi connectivity index (χ1v) is 6.83. The van der Waals surface area contributed by atoms with E-state index in [9.17, 15) is 0 Å². The Morgan fingerprint density at radius 3 is 2.35 bits per heavy atom. The largest absolute Gasteiger partial charge is 0.493 e. The van der Waals surface area contributed by atoms with Crippen molar-refractivity contribution < 1.29 is 9.47 Å². The number of hydrogen-bond donors (Lipinski definition) is 1. The van der Waals surface area contributed by atoms with Gasteiger partial charge in [0.1, 0.15) is 6.61 Å². The first-order valence-electron chi connectivity index (χ1n) is 6.07. The SMILES string of the molecule is COc1cc(CN)ccc1OCc1ccc(Cl)c(Cl)c1. The second-order valence-corrected chi connectivity index (χ2v) is 5.04. The predicted octanol–water partition coefficient (Wildman–Crippen LogP) is 4.04. The highest BCUT2D eigenvalue weighted by atomic mass is 35.5. The van der Waals surface area contributed by atoms with Gasteiger partial charge in [-0.25, -0.2) is 0 Å². The van der Waals surface area contributed by atoms with E-state index in [4.69, 9.17) is 38.4 Å². The molecule has 0 aliphatic carbocycles. The molecule has 0 aliphatic rings. The Hall–Kier alpha value is -1.42. The summed E-state index contributed by atoms with van der Waals surface area (Å²) in [5, 5.41) is 1.04. The molecule has 0 aromatic heterocycles. The van der Waals surface area contributed by atoms with Gasteiger partial charge in [0.25, 0.3) is 0 Å². The fourth-order valence-electron chi connectivity index (χ4n) is 1.75. The summed E-state index contributed by atoms with van der Waals surface area (Å²) in [7, 11) is 1.60. The van der Waals surface area contributed by atoms with Crippen LogP contribution in [0.3, 0.4) is 0 Å². The first kappa shape index (κ1) is 15.0. The lowest BCUT2D eigenvalue weighted by Crippen LogP contribution is -2.00. The molecule has 0 aliphatic heterocycles. The lowest BCUT2D eigenvalue weighted by molar-refractivity contribution is 0.284. The number of methoxy groups -OCH3 is 1. The Kier molecular flexibility index (Phi) is 5.12. The number of benzene rings is 2. The van der Waals surface area contributed by atoms with Crippen LogP contribution < -0.4 is 15.2 Å². The maximum Gasteiger partial charge on any atom is 0.161 e. The number of hydrogen-bond acceptors (Lipinski definition) is 3. The molecule has 0 saturated carbocycles. The van der Waals surface area contributed by atoms with Crippen molar-refractivity contribution in [2.75, 3.05) is 7.11 Å². The highest BCUT2D eigenvalue weighted by Crippen LogP contribution is 2.29. The van der Waals surface area contributed by atoms with Crippen LogP contribution in [0.1, 0.15) is 11.1 Å². The van der Waals surface area contributed by atoms with E-state index in [1.165, 1.54) is 0 Å². The van der Waals surface area contributed by atoms with Gasteiger partial charge >= 0.3 is 0 Å². The van der Waals surface area contributed by atoms with Crippen molar-refractivity contribution >= 4 is 23.2 Å². The van der Waals surface area contributed by atoms with E-state index < -0.39 is 0 Å². The van der Waals surface area contributed by atoms with Crippen LogP contribution in [0.5, 0.6) is 11.5 Å². The Balaban J connectivity index is 2.12. The molecule has 20 heavy (non-hydrogen) atoms. The van der Waals surface area contributed by atoms with E-state index in [1.54, 1.807) is 19.2 Å². The molecule has 2 N–H and O–H groups in total. The van der Waals surface area contributed by atoms with Crippen molar-refractivity contribution in [2.24, 2.45) is 5.73 Å². The summed E-state index contributed by atoms with van der Waals surface area (Å²) in [5.41, 5.74) is 7.52. The van der Waals surface area contributed by atoms with Crippen LogP contribution in [0.2, 0.25) is 10.0 Å². The Morgan fingerprint density at radius 1 is 0.950 bits per heavy atom. The molecule has 0 bridgehead atoms. The highest BCUT2D eigenvalue weighted by molar-refractivity contribution is 6.42. The third kappa shape index (κ3) is 3.57. The molecule has 2 aromatic carbocycles. The molecule has 3 nitrogen and oxygen atoms in total. The van der Waals surface area contributed by atoms with Crippen molar-refractivity contribution in [1.82, 2.24) is 0 Å². The van der Waals surface area contributed by atoms with E-state index in [2.05, 4.69) is 0 Å². The molecule has 0 heterocycles. The van der Waals surface area contributed by atoms with Crippen LogP contribution in [0.4, 0.5) is 0 Å². The van der Waals surface area contributed by atoms with Crippen molar-refractivity contribution in [3.8, 4) is 11.5 Å². The molecule has 5 heteroatoms. The van der Waals surface area contributed by atoms with Crippen molar-refractivity contribution in [1.29, 1.82) is 0 Å². The van der Waals surface area contributed by atoms with E-state index in [0.29, 0.717) is 34.7 Å². The maximum atomic E-state index is 5.97. The molecule has 0 fully saturated rings. The first-order chi connectivity index (χ1) is 9.63. The van der Waals surface area contributed by atoms with Gasteiger partial charge in [0.05, 0.1) is 17.2 Å². The van der Waals surface area contributed by atoms with Crippen molar-refractivity contribution in [3.63, 3.8) is 0 Å². The van der Waals surface area contributed by atoms with Gasteiger partial charge in [0, 0.05) is 6.54 Å². The molecule has 0 amide bonds. The number of halogens is 2. The standard InChI is InChI=1S/C15H15Cl2NO2/c1-19-15-7-10(8-18)3-5-14(15)20-9-11-2-4-12(16)13(17)6-11/h2-7H,8-9,18H2,1H3. The third-order valence-corrected chi connectivity index (χ3v) is 3.58. The molecule has 0 saturated heterocycles. The van der Waals surface area contributed by atoms with Gasteiger partial charge in [-0.1, -0.05) is 35.3 Å². The minimum absolute atomic E-state index is 0.384. The van der Waals surface area contributed by atoms with Crippen LogP contribution in [0, 0.1) is 0 Å². The Morgan fingerprint density at radius 2 is 1.70 bits per heavy atom. The summed E-state index contributed by atoms with van der Waals surface area (Å²) < 4.78 is 11.0. The van der Waals surface area contributed by atoms with Crippen LogP contribution in [0.15, 0.2) is 36.4 Å². The smallest absolute Gasteiger partial charge is 0.161 e. The zero-order valence-electron chi connectivity index (χ0n) is 11.0. The minimum atomic E-state index is 0.384. The monoisotopic (exact) mass is 311 g/mol. The molecule has 0 spiro atoms. The summed E-state index contributed by atoms with van der Waals surface area (Å²) in [4.78, 5) is 0. The van der Waals surface area contributed by atoms with Gasteiger partial charge in [0.2, 0.25) is 0 Å². The third-order valence-electron chi connectivity index (χ3n) is 2.84. The number of nitrogens with two attached hydrogens (primary N) is 1. The van der Waals surface area contributed by atoms with Gasteiger partial charge in [-0.2, -0.15) is 0 Å². The van der Waals surface area contributed by atoms with E-state index in [1.807, 2.05) is 24.3 Å². The van der Waals surface area contributed by atoms with Gasteiger partial charge in [-0.05, 0) is 35.4 Å². The second-order valence-electron chi connectivity index (χ2n) is 4.23. The van der Waals surface area contributed by atoms with E-state index in [-0.39, 0.29) is 0 Å². The topological polar surface area (TPSA) is 44.5 Å². The molecule has 0 atom stereocenters. The summed E-state index contributed by atoms with van der Waals surface area (Å²) in [5.74, 6) is 1.32. The second kappa shape index (κ2) is 6.84. The molecular weight excluding hydrogens is 297 g/mol. The quantitative estimate of drug-likeness (QED) is 0.906. The lowest BCUT2D eigenvalue weighted by Gasteiger charge is -2.12. The molecular formula is C15H15Cl2NO2. The summed E-state index contributed by atoms with van der Waals surface area (Å²) in [6, 6.07) is 11.0. The maximum absolute atomic E-state index is 5.97. The molecule has 106 valence electrons. The van der Waals surface area contributed by atoms with Crippen molar-refractivity contribution in [2.45, 2.75) is 13.2 Å². The average Bonchev–Trinajstić information content (AvgIpc) is 2.48. The van der Waals surface area contributed by atoms with Crippen molar-refractivity contribution in [3.05, 3.63) is 57.6 Å². The fraction of sp³-hybridized carbons (Fsp3) is 0.200. The van der Waals surface area contributed by atoms with E-state index in [0.717, 1.165) is 11.1 Å². The highest BCUT2D eigenvalue weighted by Gasteiger charge is 2.06. The Bertz CT molecular complexity index is 602. The Labute approximate surface area is 128 Å². The molecule has 2 aromatic rings. The lowest BCUT2D eigenvalue weighted by atomic mass is 10.2. The van der Waals surface area contributed by atoms with Crippen LogP contribution in [-0.4, -0.2) is 7.11 Å². The van der Waals surface area contributed by atoms with Crippen LogP contribution in [-0.2, 0) is 13.2 Å². The van der Waals surface area contributed by atoms with Gasteiger partial charge in [-0.15, -0.1) is 0 Å². The zero-order valence-corrected chi connectivity index (χ0v) is 12.5. The number of ether oxygens (including phenoxy) is 2. The summed E-state index contributed by atoms with van der Waals surface area (Å²) in [6.07, 6.45) is 0. The molecule has 0 unspecified atom stereocenters. The van der Waals surface area contributed by atoms with Gasteiger partial charge in [-0.3, -0.25) is 0 Å². The molecule has 2 rings (SSSR count). The van der Waals surface area contributed by atoms with Gasteiger partial charge < -0.3 is 15.2 Å². The van der Waals surface area contributed by atoms with E-state index >= 15 is 0 Å². The molecule has 0 radical (unpaired) electrons. The predicted molar refractivity (Wildman–Crippen MR) is 81.7 cm³/mol.